The van der Waals surface area contributed by atoms with Crippen molar-refractivity contribution in [2.24, 2.45) is 10.1 Å². The summed E-state index contributed by atoms with van der Waals surface area (Å²) in [7, 11) is 0. The summed E-state index contributed by atoms with van der Waals surface area (Å²) in [6.07, 6.45) is 0. The van der Waals surface area contributed by atoms with Crippen LogP contribution in [0.15, 0.2) is 34.4 Å². The summed E-state index contributed by atoms with van der Waals surface area (Å²) >= 11 is 0. The maximum absolute atomic E-state index is 8.57. The fraction of sp³-hybridized carbons (Fsp3) is 0.286. The molecule has 6 nitrogen and oxygen atoms in total. The van der Waals surface area contributed by atoms with Crippen molar-refractivity contribution >= 4 is 17.3 Å². The summed E-state index contributed by atoms with van der Waals surface area (Å²) in [4.78, 5) is 4.48. The van der Waals surface area contributed by atoms with Crippen LogP contribution in [0.3, 0.4) is 0 Å². The van der Waals surface area contributed by atoms with E-state index >= 15 is 0 Å². The molecule has 0 amide bonds. The van der Waals surface area contributed by atoms with Gasteiger partial charge in [0.2, 0.25) is 11.6 Å². The first-order valence-electron chi connectivity index (χ1n) is 6.01. The van der Waals surface area contributed by atoms with E-state index in [2.05, 4.69) is 15.5 Å². The molecule has 0 unspecified atom stereocenters. The average Bonchev–Trinajstić information content (AvgIpc) is 2.81. The predicted molar refractivity (Wildman–Crippen MR) is 75.3 cm³/mol. The number of nitrogens with one attached hydrogen (secondary N) is 1. The predicted octanol–water partition coefficient (Wildman–Crippen LogP) is 2.06. The highest BCUT2D eigenvalue weighted by molar-refractivity contribution is 6.10. The summed E-state index contributed by atoms with van der Waals surface area (Å²) in [5.41, 5.74) is 3.79. The number of benzene rings is 1. The zero-order chi connectivity index (χ0) is 14.6. The molecule has 1 aliphatic heterocycles. The molecular formula is C14H13N5O. The lowest BCUT2D eigenvalue weighted by Crippen LogP contribution is -2.17. The summed E-state index contributed by atoms with van der Waals surface area (Å²) in [6, 6.07) is 10.6. The highest BCUT2D eigenvalue weighted by atomic mass is 16.5. The van der Waals surface area contributed by atoms with E-state index in [4.69, 9.17) is 15.3 Å². The highest BCUT2D eigenvalue weighted by Crippen LogP contribution is 2.21. The minimum Gasteiger partial charge on any atom is -0.475 e. The van der Waals surface area contributed by atoms with Gasteiger partial charge in [0.25, 0.3) is 0 Å². The maximum atomic E-state index is 8.57. The van der Waals surface area contributed by atoms with Gasteiger partial charge in [0.15, 0.2) is 0 Å². The number of nitrogens with zero attached hydrogens (tertiary/aromatic N) is 4. The van der Waals surface area contributed by atoms with Crippen LogP contribution >= 0.6 is 0 Å². The molecule has 1 aliphatic rings. The summed E-state index contributed by atoms with van der Waals surface area (Å²) in [5, 5.41) is 20.8. The fourth-order valence-corrected chi connectivity index (χ4v) is 1.62. The van der Waals surface area contributed by atoms with Gasteiger partial charge < -0.3 is 4.74 Å². The Bertz CT molecular complexity index is 628. The Balaban J connectivity index is 2.11. The second kappa shape index (κ2) is 5.41. The van der Waals surface area contributed by atoms with Crippen molar-refractivity contribution in [3.63, 3.8) is 0 Å². The van der Waals surface area contributed by atoms with Crippen LogP contribution in [0, 0.1) is 22.7 Å². The first-order valence-corrected chi connectivity index (χ1v) is 6.01. The van der Waals surface area contributed by atoms with E-state index in [0.717, 1.165) is 5.56 Å². The Kier molecular flexibility index (Phi) is 3.67. The third-order valence-electron chi connectivity index (χ3n) is 2.61. The first kappa shape index (κ1) is 13.6. The molecule has 0 atom stereocenters. The molecule has 0 aromatic heterocycles. The minimum absolute atomic E-state index is 0.189. The molecule has 0 bridgehead atoms. The lowest BCUT2D eigenvalue weighted by molar-refractivity contribution is 0.279. The number of ether oxygens (including phenoxy) is 1. The number of nitriles is 2. The van der Waals surface area contributed by atoms with Crippen LogP contribution in [0.1, 0.15) is 19.4 Å². The zero-order valence-corrected chi connectivity index (χ0v) is 11.2. The van der Waals surface area contributed by atoms with Gasteiger partial charge in [0, 0.05) is 5.56 Å². The van der Waals surface area contributed by atoms with Gasteiger partial charge in [0.05, 0.1) is 11.2 Å². The Labute approximate surface area is 117 Å². The third kappa shape index (κ3) is 3.12. The normalized spacial score (nSPS) is 15.3. The third-order valence-corrected chi connectivity index (χ3v) is 2.61. The molecule has 0 saturated carbocycles. The van der Waals surface area contributed by atoms with Gasteiger partial charge in [-0.15, -0.1) is 0 Å². The van der Waals surface area contributed by atoms with E-state index in [1.165, 1.54) is 0 Å². The van der Waals surface area contributed by atoms with E-state index < -0.39 is 0 Å². The molecule has 1 aromatic carbocycles. The molecular weight excluding hydrogens is 254 g/mol. The van der Waals surface area contributed by atoms with Gasteiger partial charge in [-0.25, -0.2) is 4.99 Å². The van der Waals surface area contributed by atoms with Crippen molar-refractivity contribution in [2.45, 2.75) is 19.4 Å². The quantitative estimate of drug-likeness (QED) is 0.670. The summed E-state index contributed by atoms with van der Waals surface area (Å²) in [5.74, 6) is 0.625. The van der Waals surface area contributed by atoms with Crippen LogP contribution in [0.5, 0.6) is 0 Å². The van der Waals surface area contributed by atoms with Crippen molar-refractivity contribution in [1.29, 1.82) is 10.5 Å². The Morgan fingerprint density at radius 1 is 1.30 bits per heavy atom. The van der Waals surface area contributed by atoms with Crippen molar-refractivity contribution < 1.29 is 4.74 Å². The Morgan fingerprint density at radius 3 is 2.45 bits per heavy atom. The SMILES string of the molecule is CC1(C)COC(c2ccc(NN=C(C#N)C#N)cc2)=N1. The average molecular weight is 267 g/mol. The minimum atomic E-state index is -0.223. The van der Waals surface area contributed by atoms with Crippen molar-refractivity contribution in [3.8, 4) is 12.1 Å². The van der Waals surface area contributed by atoms with Crippen molar-refractivity contribution in [1.82, 2.24) is 0 Å². The number of hydrogen-bond donors (Lipinski definition) is 1. The number of rotatable bonds is 3. The van der Waals surface area contributed by atoms with Gasteiger partial charge in [-0.2, -0.15) is 15.6 Å². The molecule has 6 heteroatoms. The molecule has 1 N–H and O–H groups in total. The molecule has 0 aliphatic carbocycles. The number of aliphatic imine (C=N–C) groups is 1. The van der Waals surface area contributed by atoms with Gasteiger partial charge in [-0.3, -0.25) is 5.43 Å². The first-order chi connectivity index (χ1) is 9.54. The van der Waals surface area contributed by atoms with Crippen LogP contribution < -0.4 is 5.43 Å². The summed E-state index contributed by atoms with van der Waals surface area (Å²) in [6.45, 7) is 4.59. The number of hydrogen-bond acceptors (Lipinski definition) is 6. The zero-order valence-electron chi connectivity index (χ0n) is 11.2. The molecule has 0 spiro atoms. The molecule has 100 valence electrons. The van der Waals surface area contributed by atoms with E-state index in [1.54, 1.807) is 24.3 Å². The second-order valence-electron chi connectivity index (χ2n) is 4.89. The van der Waals surface area contributed by atoms with Crippen molar-refractivity contribution in [3.05, 3.63) is 29.8 Å². The lowest BCUT2D eigenvalue weighted by atomic mass is 10.1. The van der Waals surface area contributed by atoms with Crippen molar-refractivity contribution in [2.75, 3.05) is 12.0 Å². The van der Waals surface area contributed by atoms with Gasteiger partial charge in [0.1, 0.15) is 18.7 Å². The summed E-state index contributed by atoms with van der Waals surface area (Å²) < 4.78 is 5.54. The number of hydrazone groups is 1. The molecule has 20 heavy (non-hydrogen) atoms. The van der Waals surface area contributed by atoms with Gasteiger partial charge in [-0.1, -0.05) is 0 Å². The molecule has 0 fully saturated rings. The van der Waals surface area contributed by atoms with Crippen LogP contribution in [0.4, 0.5) is 5.69 Å². The number of anilines is 1. The lowest BCUT2D eigenvalue weighted by Gasteiger charge is -2.07. The highest BCUT2D eigenvalue weighted by Gasteiger charge is 2.26. The van der Waals surface area contributed by atoms with Crippen LogP contribution in [-0.4, -0.2) is 23.8 Å². The van der Waals surface area contributed by atoms with Crippen LogP contribution in [-0.2, 0) is 4.74 Å². The molecule has 2 rings (SSSR count). The van der Waals surface area contributed by atoms with E-state index in [1.807, 2.05) is 26.0 Å². The fourth-order valence-electron chi connectivity index (χ4n) is 1.62. The van der Waals surface area contributed by atoms with Crippen LogP contribution in [0.2, 0.25) is 0 Å². The molecule has 1 aromatic rings. The van der Waals surface area contributed by atoms with E-state index in [-0.39, 0.29) is 11.3 Å². The molecule has 0 saturated heterocycles. The van der Waals surface area contributed by atoms with E-state index in [9.17, 15) is 0 Å². The van der Waals surface area contributed by atoms with Crippen LogP contribution in [0.25, 0.3) is 0 Å². The Morgan fingerprint density at radius 2 is 1.95 bits per heavy atom. The van der Waals surface area contributed by atoms with Gasteiger partial charge >= 0.3 is 0 Å². The second-order valence-corrected chi connectivity index (χ2v) is 4.89. The van der Waals surface area contributed by atoms with E-state index in [0.29, 0.717) is 18.2 Å². The smallest absolute Gasteiger partial charge is 0.237 e. The standard InChI is InChI=1S/C14H13N5O/c1-14(2)9-20-13(17-14)10-3-5-11(6-4-10)18-19-12(7-15)8-16/h3-6,18H,9H2,1-2H3. The molecule has 0 radical (unpaired) electrons. The Hall–Kier alpha value is -2.86. The monoisotopic (exact) mass is 267 g/mol. The largest absolute Gasteiger partial charge is 0.475 e. The van der Waals surface area contributed by atoms with Gasteiger partial charge in [-0.05, 0) is 38.1 Å². The maximum Gasteiger partial charge on any atom is 0.237 e. The molecule has 1 heterocycles. The topological polar surface area (TPSA) is 93.6 Å².